The van der Waals surface area contributed by atoms with E-state index in [-0.39, 0.29) is 0 Å². The second kappa shape index (κ2) is 7.04. The molecule has 0 unspecified atom stereocenters. The van der Waals surface area contributed by atoms with Crippen molar-refractivity contribution < 1.29 is 0 Å². The predicted octanol–water partition coefficient (Wildman–Crippen LogP) is 5.26. The predicted molar refractivity (Wildman–Crippen MR) is 117 cm³/mol. The number of aryl methyl sites for hydroxylation is 3. The third-order valence-corrected chi connectivity index (χ3v) is 6.29. The summed E-state index contributed by atoms with van der Waals surface area (Å²) in [5.41, 5.74) is 8.93. The van der Waals surface area contributed by atoms with Gasteiger partial charge in [-0.1, -0.05) is 53.7 Å². The van der Waals surface area contributed by atoms with E-state index >= 15 is 0 Å². The standard InChI is InChI=1S/C23H21N5S/c1-15-4-7-18(8-5-15)14-29-23-25-24-22-21-13-20(26-28(21)11-10-27(22)23)19-9-6-16(2)17(3)12-19/h4-13H,14H2,1-3H3. The molecule has 6 heteroatoms. The Kier molecular flexibility index (Phi) is 4.36. The maximum Gasteiger partial charge on any atom is 0.196 e. The Hall–Kier alpha value is -3.12. The number of hydrogen-bond acceptors (Lipinski definition) is 4. The van der Waals surface area contributed by atoms with E-state index in [0.29, 0.717) is 0 Å². The highest BCUT2D eigenvalue weighted by Gasteiger charge is 2.13. The maximum absolute atomic E-state index is 4.74. The third-order valence-electron chi connectivity index (χ3n) is 5.28. The summed E-state index contributed by atoms with van der Waals surface area (Å²) in [6, 6.07) is 17.1. The van der Waals surface area contributed by atoms with Gasteiger partial charge in [0.15, 0.2) is 10.8 Å². The van der Waals surface area contributed by atoms with Crippen LogP contribution < -0.4 is 0 Å². The fourth-order valence-electron chi connectivity index (χ4n) is 3.36. The van der Waals surface area contributed by atoms with Crippen molar-refractivity contribution in [1.82, 2.24) is 24.2 Å². The second-order valence-corrected chi connectivity index (χ2v) is 8.35. The van der Waals surface area contributed by atoms with Gasteiger partial charge in [0.25, 0.3) is 0 Å². The van der Waals surface area contributed by atoms with Gasteiger partial charge >= 0.3 is 0 Å². The molecule has 0 amide bonds. The molecular weight excluding hydrogens is 378 g/mol. The summed E-state index contributed by atoms with van der Waals surface area (Å²) in [4.78, 5) is 0. The van der Waals surface area contributed by atoms with Gasteiger partial charge in [-0.05, 0) is 49.6 Å². The monoisotopic (exact) mass is 399 g/mol. The number of aromatic nitrogens is 5. The average Bonchev–Trinajstić information content (AvgIpc) is 3.33. The van der Waals surface area contributed by atoms with E-state index in [9.17, 15) is 0 Å². The zero-order valence-corrected chi connectivity index (χ0v) is 17.4. The molecule has 3 heterocycles. The van der Waals surface area contributed by atoms with Crippen molar-refractivity contribution >= 4 is 22.9 Å². The number of nitrogens with zero attached hydrogens (tertiary/aromatic N) is 5. The Balaban J connectivity index is 1.49. The van der Waals surface area contributed by atoms with E-state index in [1.165, 1.54) is 22.3 Å². The van der Waals surface area contributed by atoms with Crippen LogP contribution in [0.25, 0.3) is 22.4 Å². The Morgan fingerprint density at radius 1 is 0.862 bits per heavy atom. The van der Waals surface area contributed by atoms with Crippen LogP contribution in [0.3, 0.4) is 0 Å². The van der Waals surface area contributed by atoms with Crippen molar-refractivity contribution in [2.45, 2.75) is 31.7 Å². The van der Waals surface area contributed by atoms with Gasteiger partial charge in [0, 0.05) is 23.7 Å². The van der Waals surface area contributed by atoms with Gasteiger partial charge in [0.05, 0.1) is 5.69 Å². The van der Waals surface area contributed by atoms with Crippen LogP contribution in [0.5, 0.6) is 0 Å². The van der Waals surface area contributed by atoms with Gasteiger partial charge in [-0.3, -0.25) is 4.40 Å². The minimum Gasteiger partial charge on any atom is -0.274 e. The highest BCUT2D eigenvalue weighted by molar-refractivity contribution is 7.98. The van der Waals surface area contributed by atoms with Crippen molar-refractivity contribution in [3.63, 3.8) is 0 Å². The molecule has 29 heavy (non-hydrogen) atoms. The Morgan fingerprint density at radius 3 is 2.48 bits per heavy atom. The van der Waals surface area contributed by atoms with Crippen molar-refractivity contribution in [3.05, 3.63) is 83.2 Å². The quantitative estimate of drug-likeness (QED) is 0.387. The van der Waals surface area contributed by atoms with Gasteiger partial charge < -0.3 is 0 Å². The van der Waals surface area contributed by atoms with Crippen LogP contribution in [0.2, 0.25) is 0 Å². The molecule has 5 nitrogen and oxygen atoms in total. The summed E-state index contributed by atoms with van der Waals surface area (Å²) in [5, 5.41) is 14.5. The van der Waals surface area contributed by atoms with Gasteiger partial charge in [-0.25, -0.2) is 4.52 Å². The molecule has 3 aromatic heterocycles. The molecule has 0 bridgehead atoms. The molecule has 0 aliphatic heterocycles. The molecule has 0 N–H and O–H groups in total. The topological polar surface area (TPSA) is 47.5 Å². The summed E-state index contributed by atoms with van der Waals surface area (Å²) in [6.45, 7) is 6.35. The van der Waals surface area contributed by atoms with Gasteiger partial charge in [0.1, 0.15) is 5.52 Å². The minimum absolute atomic E-state index is 0.821. The molecule has 144 valence electrons. The van der Waals surface area contributed by atoms with E-state index in [0.717, 1.165) is 33.3 Å². The normalized spacial score (nSPS) is 11.6. The van der Waals surface area contributed by atoms with E-state index in [1.807, 2.05) is 21.3 Å². The number of thioether (sulfide) groups is 1. The van der Waals surface area contributed by atoms with Crippen LogP contribution in [0.1, 0.15) is 22.3 Å². The van der Waals surface area contributed by atoms with Crippen LogP contribution in [0, 0.1) is 20.8 Å². The first-order valence-corrected chi connectivity index (χ1v) is 10.6. The lowest BCUT2D eigenvalue weighted by molar-refractivity contribution is 0.895. The smallest absolute Gasteiger partial charge is 0.196 e. The lowest BCUT2D eigenvalue weighted by Crippen LogP contribution is -1.94. The molecule has 0 saturated carbocycles. The lowest BCUT2D eigenvalue weighted by Gasteiger charge is -2.02. The summed E-state index contributed by atoms with van der Waals surface area (Å²) in [7, 11) is 0. The molecule has 2 aromatic carbocycles. The summed E-state index contributed by atoms with van der Waals surface area (Å²) in [6.07, 6.45) is 3.95. The largest absolute Gasteiger partial charge is 0.274 e. The first-order valence-electron chi connectivity index (χ1n) is 9.57. The van der Waals surface area contributed by atoms with Crippen molar-refractivity contribution in [2.24, 2.45) is 0 Å². The fourth-order valence-corrected chi connectivity index (χ4v) is 4.24. The van der Waals surface area contributed by atoms with Gasteiger partial charge in [-0.2, -0.15) is 5.10 Å². The first-order chi connectivity index (χ1) is 14.1. The molecule has 0 saturated heterocycles. The van der Waals surface area contributed by atoms with Crippen LogP contribution in [0.4, 0.5) is 0 Å². The number of rotatable bonds is 4. The molecule has 0 fully saturated rings. The zero-order valence-electron chi connectivity index (χ0n) is 16.6. The Morgan fingerprint density at radius 2 is 1.69 bits per heavy atom. The molecule has 0 spiro atoms. The summed E-state index contributed by atoms with van der Waals surface area (Å²) < 4.78 is 3.92. The lowest BCUT2D eigenvalue weighted by atomic mass is 10.0. The minimum atomic E-state index is 0.821. The molecule has 0 aliphatic rings. The molecule has 0 radical (unpaired) electrons. The molecule has 5 rings (SSSR count). The van der Waals surface area contributed by atoms with Crippen LogP contribution >= 0.6 is 11.8 Å². The van der Waals surface area contributed by atoms with Crippen molar-refractivity contribution in [2.75, 3.05) is 0 Å². The van der Waals surface area contributed by atoms with Crippen LogP contribution in [0.15, 0.2) is 66.1 Å². The first kappa shape index (κ1) is 17.9. The van der Waals surface area contributed by atoms with Gasteiger partial charge in [-0.15, -0.1) is 10.2 Å². The zero-order chi connectivity index (χ0) is 20.0. The SMILES string of the molecule is Cc1ccc(CSc2nnc3c4cc(-c5ccc(C)c(C)c5)nn4ccn23)cc1. The maximum atomic E-state index is 4.74. The Bertz CT molecular complexity index is 1330. The van der Waals surface area contributed by atoms with Crippen molar-refractivity contribution in [3.8, 4) is 11.3 Å². The summed E-state index contributed by atoms with van der Waals surface area (Å²) >= 11 is 1.69. The molecule has 5 aromatic rings. The molecular formula is C23H21N5S. The van der Waals surface area contributed by atoms with Crippen LogP contribution in [-0.2, 0) is 5.75 Å². The number of fused-ring (bicyclic) bond motifs is 3. The highest BCUT2D eigenvalue weighted by Crippen LogP contribution is 2.26. The van der Waals surface area contributed by atoms with Crippen LogP contribution in [-0.4, -0.2) is 24.2 Å². The van der Waals surface area contributed by atoms with Crippen molar-refractivity contribution in [1.29, 1.82) is 0 Å². The van der Waals surface area contributed by atoms with E-state index in [1.54, 1.807) is 11.8 Å². The molecule has 0 aliphatic carbocycles. The highest BCUT2D eigenvalue weighted by atomic mass is 32.2. The number of benzene rings is 2. The second-order valence-electron chi connectivity index (χ2n) is 7.41. The van der Waals surface area contributed by atoms with E-state index in [4.69, 9.17) is 5.10 Å². The van der Waals surface area contributed by atoms with E-state index in [2.05, 4.69) is 79.5 Å². The fraction of sp³-hybridized carbons (Fsp3) is 0.174. The average molecular weight is 400 g/mol. The third kappa shape index (κ3) is 3.29. The van der Waals surface area contributed by atoms with Gasteiger partial charge in [0.2, 0.25) is 0 Å². The summed E-state index contributed by atoms with van der Waals surface area (Å²) in [5.74, 6) is 0.861. The number of hydrogen-bond donors (Lipinski definition) is 0. The Labute approximate surface area is 173 Å². The van der Waals surface area contributed by atoms with E-state index < -0.39 is 0 Å². The molecule has 0 atom stereocenters.